The van der Waals surface area contributed by atoms with Crippen molar-refractivity contribution in [3.63, 3.8) is 0 Å². The maximum Gasteiger partial charge on any atom is 0.422 e. The summed E-state index contributed by atoms with van der Waals surface area (Å²) in [6.45, 7) is 8.31. The molecular formula is C28H25ClFNO5. The number of aryl methyl sites for hydroxylation is 2. The van der Waals surface area contributed by atoms with Crippen molar-refractivity contribution in [2.45, 2.75) is 33.5 Å². The molecule has 1 atom stereocenters. The van der Waals surface area contributed by atoms with Gasteiger partial charge in [-0.05, 0) is 61.4 Å². The Morgan fingerprint density at radius 1 is 1.00 bits per heavy atom. The van der Waals surface area contributed by atoms with Gasteiger partial charge in [-0.3, -0.25) is 9.59 Å². The second kappa shape index (κ2) is 11.6. The SMILES string of the molecule is C=CCC(=O)OC(C)OC(=O)N(c1ccc(C(=O)c2ccccc2C)c(Cl)c1)c1ccc(F)cc1C. The van der Waals surface area contributed by atoms with E-state index in [0.717, 1.165) is 5.56 Å². The molecule has 3 aromatic rings. The van der Waals surface area contributed by atoms with Crippen molar-refractivity contribution in [1.29, 1.82) is 0 Å². The van der Waals surface area contributed by atoms with Crippen molar-refractivity contribution >= 4 is 40.8 Å². The first kappa shape index (κ1) is 26.6. The largest absolute Gasteiger partial charge is 0.425 e. The molecule has 36 heavy (non-hydrogen) atoms. The van der Waals surface area contributed by atoms with E-state index in [9.17, 15) is 18.8 Å². The molecule has 0 fully saturated rings. The van der Waals surface area contributed by atoms with Crippen molar-refractivity contribution in [3.8, 4) is 0 Å². The number of hydrogen-bond acceptors (Lipinski definition) is 5. The Kier molecular flexibility index (Phi) is 8.61. The minimum atomic E-state index is -1.20. The van der Waals surface area contributed by atoms with Crippen molar-refractivity contribution in [3.05, 3.63) is 106 Å². The lowest BCUT2D eigenvalue weighted by Gasteiger charge is -2.26. The Bertz CT molecular complexity index is 1320. The molecule has 0 N–H and O–H groups in total. The van der Waals surface area contributed by atoms with E-state index < -0.39 is 24.2 Å². The average Bonchev–Trinajstić information content (AvgIpc) is 2.80. The van der Waals surface area contributed by atoms with Crippen molar-refractivity contribution in [2.75, 3.05) is 4.90 Å². The number of benzene rings is 3. The maximum atomic E-state index is 13.8. The molecule has 0 aliphatic heterocycles. The molecule has 8 heteroatoms. The summed E-state index contributed by atoms with van der Waals surface area (Å²) >= 11 is 6.50. The first-order valence-corrected chi connectivity index (χ1v) is 11.5. The third kappa shape index (κ3) is 6.17. The lowest BCUT2D eigenvalue weighted by molar-refractivity contribution is -0.163. The average molecular weight is 510 g/mol. The highest BCUT2D eigenvalue weighted by atomic mass is 35.5. The van der Waals surface area contributed by atoms with E-state index in [0.29, 0.717) is 16.8 Å². The smallest absolute Gasteiger partial charge is 0.422 e. The monoisotopic (exact) mass is 509 g/mol. The summed E-state index contributed by atoms with van der Waals surface area (Å²) in [7, 11) is 0. The molecule has 0 spiro atoms. The highest BCUT2D eigenvalue weighted by Crippen LogP contribution is 2.33. The van der Waals surface area contributed by atoms with Crippen LogP contribution >= 0.6 is 11.6 Å². The molecule has 0 aliphatic carbocycles. The molecule has 1 unspecified atom stereocenters. The number of rotatable bonds is 8. The van der Waals surface area contributed by atoms with Crippen LogP contribution < -0.4 is 4.90 Å². The van der Waals surface area contributed by atoms with Gasteiger partial charge in [0.15, 0.2) is 5.78 Å². The van der Waals surface area contributed by atoms with Crippen molar-refractivity contribution in [1.82, 2.24) is 0 Å². The van der Waals surface area contributed by atoms with Gasteiger partial charge in [-0.1, -0.05) is 41.9 Å². The van der Waals surface area contributed by atoms with Crippen LogP contribution in [0.4, 0.5) is 20.6 Å². The molecule has 0 heterocycles. The predicted molar refractivity (Wildman–Crippen MR) is 136 cm³/mol. The summed E-state index contributed by atoms with van der Waals surface area (Å²) < 4.78 is 24.2. The summed E-state index contributed by atoms with van der Waals surface area (Å²) in [6, 6.07) is 15.5. The number of carbonyl (C=O) groups is 3. The zero-order valence-corrected chi connectivity index (χ0v) is 20.8. The quantitative estimate of drug-likeness (QED) is 0.140. The van der Waals surface area contributed by atoms with Gasteiger partial charge >= 0.3 is 12.1 Å². The van der Waals surface area contributed by atoms with Crippen LogP contribution in [-0.4, -0.2) is 24.1 Å². The van der Waals surface area contributed by atoms with Gasteiger partial charge in [-0.15, -0.1) is 6.58 Å². The maximum absolute atomic E-state index is 13.8. The Balaban J connectivity index is 1.98. The number of amides is 1. The number of ketones is 1. The fourth-order valence-electron chi connectivity index (χ4n) is 3.58. The van der Waals surface area contributed by atoms with Crippen LogP contribution in [0.15, 0.2) is 73.3 Å². The second-order valence-electron chi connectivity index (χ2n) is 8.01. The van der Waals surface area contributed by atoms with Gasteiger partial charge in [0.25, 0.3) is 0 Å². The molecule has 6 nitrogen and oxygen atoms in total. The number of hydrogen-bond donors (Lipinski definition) is 0. The molecule has 0 aromatic heterocycles. The first-order valence-electron chi connectivity index (χ1n) is 11.1. The van der Waals surface area contributed by atoms with E-state index in [1.807, 2.05) is 19.1 Å². The Morgan fingerprint density at radius 2 is 1.72 bits per heavy atom. The summed E-state index contributed by atoms with van der Waals surface area (Å²) in [5, 5.41) is 0.115. The second-order valence-corrected chi connectivity index (χ2v) is 8.42. The fourth-order valence-corrected chi connectivity index (χ4v) is 3.84. The number of halogens is 2. The predicted octanol–water partition coefficient (Wildman–Crippen LogP) is 7.07. The van der Waals surface area contributed by atoms with Crippen LogP contribution in [0.5, 0.6) is 0 Å². The Morgan fingerprint density at radius 3 is 2.36 bits per heavy atom. The van der Waals surface area contributed by atoms with Gasteiger partial charge in [0.05, 0.1) is 22.8 Å². The van der Waals surface area contributed by atoms with Crippen LogP contribution in [0.3, 0.4) is 0 Å². The minimum Gasteiger partial charge on any atom is -0.425 e. The molecule has 0 aliphatic rings. The van der Waals surface area contributed by atoms with E-state index in [1.54, 1.807) is 19.1 Å². The zero-order valence-electron chi connectivity index (χ0n) is 20.1. The standard InChI is InChI=1S/C28H25ClFNO5/c1-5-8-26(32)35-19(4)36-28(34)31(25-14-11-20(30)15-18(25)3)21-12-13-23(24(29)16-21)27(33)22-10-7-6-9-17(22)2/h5-7,9-16,19H,1,8H2,2-4H3. The summed E-state index contributed by atoms with van der Waals surface area (Å²) in [5.74, 6) is -1.36. The highest BCUT2D eigenvalue weighted by molar-refractivity contribution is 6.35. The highest BCUT2D eigenvalue weighted by Gasteiger charge is 2.26. The minimum absolute atomic E-state index is 0.0470. The fraction of sp³-hybridized carbons (Fsp3) is 0.179. The molecule has 0 saturated carbocycles. The summed E-state index contributed by atoms with van der Waals surface area (Å²) in [5.41, 5.74) is 2.60. The number of anilines is 2. The molecule has 186 valence electrons. The molecule has 3 rings (SSSR count). The number of carbonyl (C=O) groups excluding carboxylic acids is 3. The normalized spacial score (nSPS) is 11.4. The lowest BCUT2D eigenvalue weighted by atomic mass is 9.99. The van der Waals surface area contributed by atoms with E-state index >= 15 is 0 Å². The third-order valence-electron chi connectivity index (χ3n) is 5.30. The van der Waals surface area contributed by atoms with Crippen LogP contribution in [-0.2, 0) is 14.3 Å². The third-order valence-corrected chi connectivity index (χ3v) is 5.62. The van der Waals surface area contributed by atoms with E-state index in [2.05, 4.69) is 6.58 Å². The van der Waals surface area contributed by atoms with Crippen LogP contribution in [0.2, 0.25) is 5.02 Å². The Labute approximate surface area is 213 Å². The molecule has 0 bridgehead atoms. The molecule has 0 saturated heterocycles. The molecule has 0 radical (unpaired) electrons. The zero-order chi connectivity index (χ0) is 26.4. The summed E-state index contributed by atoms with van der Waals surface area (Å²) in [6.07, 6.45) is -0.773. The van der Waals surface area contributed by atoms with Gasteiger partial charge in [-0.25, -0.2) is 14.1 Å². The molecule has 3 aromatic carbocycles. The van der Waals surface area contributed by atoms with Gasteiger partial charge in [0.2, 0.25) is 6.29 Å². The first-order chi connectivity index (χ1) is 17.1. The lowest BCUT2D eigenvalue weighted by Crippen LogP contribution is -2.32. The van der Waals surface area contributed by atoms with Crippen LogP contribution in [0.25, 0.3) is 0 Å². The van der Waals surface area contributed by atoms with Gasteiger partial charge in [0, 0.05) is 18.1 Å². The topological polar surface area (TPSA) is 72.9 Å². The van der Waals surface area contributed by atoms with Crippen molar-refractivity contribution in [2.24, 2.45) is 0 Å². The van der Waals surface area contributed by atoms with Crippen molar-refractivity contribution < 1.29 is 28.2 Å². The number of esters is 1. The summed E-state index contributed by atoms with van der Waals surface area (Å²) in [4.78, 5) is 39.2. The Hall–Kier alpha value is -3.97. The number of ether oxygens (including phenoxy) is 2. The van der Waals surface area contributed by atoms with Crippen LogP contribution in [0.1, 0.15) is 40.4 Å². The molecule has 1 amide bonds. The number of nitrogens with zero attached hydrogens (tertiary/aromatic N) is 1. The van der Waals surface area contributed by atoms with Gasteiger partial charge in [0.1, 0.15) is 5.82 Å². The van der Waals surface area contributed by atoms with E-state index in [-0.39, 0.29) is 28.5 Å². The van der Waals surface area contributed by atoms with E-state index in [4.69, 9.17) is 21.1 Å². The molecular weight excluding hydrogens is 485 g/mol. The van der Waals surface area contributed by atoms with Crippen LogP contribution in [0, 0.1) is 19.7 Å². The van der Waals surface area contributed by atoms with E-state index in [1.165, 1.54) is 54.3 Å². The van der Waals surface area contributed by atoms with Gasteiger partial charge in [-0.2, -0.15) is 0 Å². The van der Waals surface area contributed by atoms with Gasteiger partial charge < -0.3 is 9.47 Å².